The van der Waals surface area contributed by atoms with E-state index in [1.54, 1.807) is 19.1 Å². The summed E-state index contributed by atoms with van der Waals surface area (Å²) in [6, 6.07) is 6.78. The molecule has 1 aliphatic heterocycles. The van der Waals surface area contributed by atoms with Crippen LogP contribution in [-0.4, -0.2) is 35.6 Å². The Morgan fingerprint density at radius 1 is 1.03 bits per heavy atom. The summed E-state index contributed by atoms with van der Waals surface area (Å²) in [5.41, 5.74) is 0.226. The fraction of sp³-hybridized carbons (Fsp3) is 0.217. The van der Waals surface area contributed by atoms with Gasteiger partial charge in [0.25, 0.3) is 5.91 Å². The van der Waals surface area contributed by atoms with Crippen molar-refractivity contribution >= 4 is 17.8 Å². The first-order chi connectivity index (χ1) is 16.4. The van der Waals surface area contributed by atoms with Crippen LogP contribution in [0, 0.1) is 17.6 Å². The van der Waals surface area contributed by atoms with Gasteiger partial charge in [0, 0.05) is 13.0 Å². The molecule has 2 aromatic heterocycles. The highest BCUT2D eigenvalue weighted by atomic mass is 19.1. The molecule has 4 rings (SSSR count). The quantitative estimate of drug-likeness (QED) is 0.524. The van der Waals surface area contributed by atoms with Crippen LogP contribution in [0.5, 0.6) is 17.2 Å². The molecule has 2 unspecified atom stereocenters. The molecule has 0 bridgehead atoms. The molecule has 3 amide bonds. The highest BCUT2D eigenvalue weighted by Crippen LogP contribution is 2.38. The molecule has 9 nitrogen and oxygen atoms in total. The second-order valence-corrected chi connectivity index (χ2v) is 7.58. The molecule has 11 heteroatoms. The largest absolute Gasteiger partial charge is 0.490 e. The summed E-state index contributed by atoms with van der Waals surface area (Å²) in [4.78, 5) is 32.2. The molecule has 0 radical (unpaired) electrons. The number of rotatable bonds is 5. The molecule has 0 saturated carbocycles. The summed E-state index contributed by atoms with van der Waals surface area (Å²) in [5, 5.41) is 7.70. The number of amides is 3. The fourth-order valence-electron chi connectivity index (χ4n) is 3.44. The van der Waals surface area contributed by atoms with E-state index in [0.29, 0.717) is 11.5 Å². The smallest absolute Gasteiger partial charge is 0.320 e. The minimum atomic E-state index is -0.785. The number of ether oxygens (including phenoxy) is 2. The molecule has 3 aromatic rings. The van der Waals surface area contributed by atoms with Crippen molar-refractivity contribution in [1.82, 2.24) is 20.6 Å². The van der Waals surface area contributed by atoms with Crippen LogP contribution < -0.4 is 25.4 Å². The first-order valence-corrected chi connectivity index (χ1v) is 10.4. The lowest BCUT2D eigenvalue weighted by Crippen LogP contribution is -2.40. The van der Waals surface area contributed by atoms with Crippen LogP contribution in [0.25, 0.3) is 0 Å². The third-order valence-corrected chi connectivity index (χ3v) is 5.16. The maximum atomic E-state index is 14.4. The van der Waals surface area contributed by atoms with Crippen LogP contribution in [-0.2, 0) is 0 Å². The number of pyridine rings is 2. The first kappa shape index (κ1) is 22.9. The highest BCUT2D eigenvalue weighted by Gasteiger charge is 2.34. The minimum Gasteiger partial charge on any atom is -0.490 e. The number of urea groups is 1. The molecular formula is C23H21F2N5O4. The number of benzene rings is 1. The van der Waals surface area contributed by atoms with Gasteiger partial charge in [0.1, 0.15) is 28.8 Å². The van der Waals surface area contributed by atoms with Gasteiger partial charge in [-0.3, -0.25) is 10.1 Å². The van der Waals surface area contributed by atoms with Crippen molar-refractivity contribution < 1.29 is 27.8 Å². The number of carbonyl (C=O) groups is 2. The van der Waals surface area contributed by atoms with E-state index < -0.39 is 23.7 Å². The molecule has 0 fully saturated rings. The van der Waals surface area contributed by atoms with E-state index in [-0.39, 0.29) is 41.3 Å². The van der Waals surface area contributed by atoms with Crippen molar-refractivity contribution in [3.63, 3.8) is 0 Å². The van der Waals surface area contributed by atoms with E-state index in [1.165, 1.54) is 31.6 Å². The van der Waals surface area contributed by atoms with Gasteiger partial charge in [0.15, 0.2) is 11.6 Å². The molecule has 176 valence electrons. The van der Waals surface area contributed by atoms with Gasteiger partial charge in [0.2, 0.25) is 0 Å². The van der Waals surface area contributed by atoms with Gasteiger partial charge in [-0.2, -0.15) is 0 Å². The van der Waals surface area contributed by atoms with Gasteiger partial charge in [-0.1, -0.05) is 6.92 Å². The maximum Gasteiger partial charge on any atom is 0.320 e. The van der Waals surface area contributed by atoms with Crippen molar-refractivity contribution in [2.75, 3.05) is 19.0 Å². The van der Waals surface area contributed by atoms with Crippen molar-refractivity contribution in [3.8, 4) is 17.2 Å². The Hall–Kier alpha value is -4.28. The summed E-state index contributed by atoms with van der Waals surface area (Å²) in [7, 11) is 1.51. The van der Waals surface area contributed by atoms with E-state index in [9.17, 15) is 18.4 Å². The van der Waals surface area contributed by atoms with E-state index in [2.05, 4.69) is 25.9 Å². The van der Waals surface area contributed by atoms with E-state index in [0.717, 1.165) is 12.1 Å². The Balaban J connectivity index is 1.39. The second-order valence-electron chi connectivity index (χ2n) is 7.58. The number of halogens is 2. The van der Waals surface area contributed by atoms with Crippen LogP contribution in [0.2, 0.25) is 0 Å². The molecule has 3 N–H and O–H groups in total. The van der Waals surface area contributed by atoms with Gasteiger partial charge >= 0.3 is 6.03 Å². The van der Waals surface area contributed by atoms with Crippen LogP contribution >= 0.6 is 0 Å². The Labute approximate surface area is 193 Å². The molecule has 1 aromatic carbocycles. The number of hydrogen-bond donors (Lipinski definition) is 3. The molecule has 1 aliphatic rings. The number of nitrogens with zero attached hydrogens (tertiary/aromatic N) is 2. The molecule has 2 atom stereocenters. The van der Waals surface area contributed by atoms with Gasteiger partial charge in [-0.15, -0.1) is 0 Å². The average molecular weight is 469 g/mol. The molecule has 3 heterocycles. The van der Waals surface area contributed by atoms with Crippen molar-refractivity contribution in [3.05, 3.63) is 71.7 Å². The van der Waals surface area contributed by atoms with Crippen LogP contribution in [0.4, 0.5) is 19.4 Å². The van der Waals surface area contributed by atoms with Crippen LogP contribution in [0.3, 0.4) is 0 Å². The second kappa shape index (κ2) is 9.69. The average Bonchev–Trinajstić information content (AvgIpc) is 2.84. The lowest BCUT2D eigenvalue weighted by atomic mass is 9.91. The summed E-state index contributed by atoms with van der Waals surface area (Å²) in [6.07, 6.45) is 2.79. The van der Waals surface area contributed by atoms with Crippen molar-refractivity contribution in [2.24, 2.45) is 5.92 Å². The Morgan fingerprint density at radius 2 is 1.74 bits per heavy atom. The summed E-state index contributed by atoms with van der Waals surface area (Å²) in [5.74, 6) is -1.15. The van der Waals surface area contributed by atoms with Gasteiger partial charge in [-0.25, -0.2) is 23.5 Å². The normalized spacial score (nSPS) is 16.6. The topological polar surface area (TPSA) is 114 Å². The number of aromatic nitrogens is 2. The lowest BCUT2D eigenvalue weighted by Gasteiger charge is -2.32. The lowest BCUT2D eigenvalue weighted by molar-refractivity contribution is 0.0958. The third kappa shape index (κ3) is 4.87. The first-order valence-electron chi connectivity index (χ1n) is 10.4. The Morgan fingerprint density at radius 3 is 2.38 bits per heavy atom. The number of fused-ring (bicyclic) bond motifs is 1. The summed E-state index contributed by atoms with van der Waals surface area (Å²) >= 11 is 0. The zero-order chi connectivity index (χ0) is 24.2. The fourth-order valence-corrected chi connectivity index (χ4v) is 3.44. The van der Waals surface area contributed by atoms with Crippen molar-refractivity contribution in [1.29, 1.82) is 0 Å². The number of carbonyl (C=O) groups excluding carboxylic acids is 2. The van der Waals surface area contributed by atoms with E-state index in [1.807, 2.05) is 0 Å². The van der Waals surface area contributed by atoms with Crippen LogP contribution in [0.15, 0.2) is 48.8 Å². The van der Waals surface area contributed by atoms with Gasteiger partial charge < -0.3 is 20.1 Å². The molecular weight excluding hydrogens is 448 g/mol. The molecule has 0 saturated heterocycles. The number of nitrogens with one attached hydrogen (secondary N) is 3. The Bertz CT molecular complexity index is 1210. The minimum absolute atomic E-state index is 0.0262. The Kier molecular flexibility index (Phi) is 6.53. The predicted molar refractivity (Wildman–Crippen MR) is 118 cm³/mol. The van der Waals surface area contributed by atoms with E-state index in [4.69, 9.17) is 9.47 Å². The maximum absolute atomic E-state index is 14.4. The monoisotopic (exact) mass is 469 g/mol. The highest BCUT2D eigenvalue weighted by molar-refractivity contribution is 5.92. The van der Waals surface area contributed by atoms with Gasteiger partial charge in [0.05, 0.1) is 30.6 Å². The molecule has 0 aliphatic carbocycles. The molecule has 0 spiro atoms. The zero-order valence-corrected chi connectivity index (χ0v) is 18.3. The standard InChI is InChI=1S/C23H21F2N5O4/c1-12-11-33-21-16(25)6-5-15(24)19(21)20(12)30-23(32)29-18-8-4-14(10-28-18)34-13-3-7-17(27-9-13)22(31)26-2/h3-10,12,20H,11H2,1-2H3,(H,26,31)(H2,28,29,30,32). The number of hydrogen-bond acceptors (Lipinski definition) is 6. The summed E-state index contributed by atoms with van der Waals surface area (Å²) in [6.45, 7) is 1.89. The van der Waals surface area contributed by atoms with E-state index >= 15 is 0 Å². The zero-order valence-electron chi connectivity index (χ0n) is 18.3. The van der Waals surface area contributed by atoms with Crippen molar-refractivity contribution in [2.45, 2.75) is 13.0 Å². The SMILES string of the molecule is CNC(=O)c1ccc(Oc2ccc(NC(=O)NC3c4c(F)ccc(F)c4OCC3C)nc2)cn1. The van der Waals surface area contributed by atoms with Gasteiger partial charge in [-0.05, 0) is 36.4 Å². The summed E-state index contributed by atoms with van der Waals surface area (Å²) < 4.78 is 39.4. The number of anilines is 1. The predicted octanol–water partition coefficient (Wildman–Crippen LogP) is 3.80. The third-order valence-electron chi connectivity index (χ3n) is 5.16. The van der Waals surface area contributed by atoms with Crippen LogP contribution in [0.1, 0.15) is 29.0 Å². The molecule has 34 heavy (non-hydrogen) atoms.